The molecule has 0 bridgehead atoms. The Morgan fingerprint density at radius 1 is 0.955 bits per heavy atom. The molecule has 0 radical (unpaired) electrons. The van der Waals surface area contributed by atoms with Gasteiger partial charge in [-0.25, -0.2) is 14.3 Å². The SMILES string of the molecule is CCOC(=O)c1nn(-c2ccc(C)cc2)c2c1CCN(c1ccc(CN3CCN(C(=O)OC(C)(C)C)CC3)c(OC)c1)C2=O. The number of aromatic nitrogens is 2. The van der Waals surface area contributed by atoms with Crippen molar-refractivity contribution in [2.45, 2.75) is 53.2 Å². The van der Waals surface area contributed by atoms with Gasteiger partial charge in [0.2, 0.25) is 0 Å². The number of carbonyl (C=O) groups excluding carboxylic acids is 3. The number of esters is 1. The molecule has 44 heavy (non-hydrogen) atoms. The van der Waals surface area contributed by atoms with Crippen molar-refractivity contribution in [3.05, 3.63) is 70.5 Å². The largest absolute Gasteiger partial charge is 0.496 e. The lowest BCUT2D eigenvalue weighted by Crippen LogP contribution is -2.49. The van der Waals surface area contributed by atoms with Gasteiger partial charge in [0.1, 0.15) is 17.0 Å². The van der Waals surface area contributed by atoms with Crippen molar-refractivity contribution >= 4 is 23.7 Å². The van der Waals surface area contributed by atoms with Gasteiger partial charge in [0, 0.05) is 62.1 Å². The van der Waals surface area contributed by atoms with Crippen LogP contribution in [0.4, 0.5) is 10.5 Å². The highest BCUT2D eigenvalue weighted by Crippen LogP contribution is 2.33. The molecule has 1 fully saturated rings. The predicted octanol–water partition coefficient (Wildman–Crippen LogP) is 4.62. The summed E-state index contributed by atoms with van der Waals surface area (Å²) in [7, 11) is 1.62. The summed E-state index contributed by atoms with van der Waals surface area (Å²) >= 11 is 0. The molecule has 0 unspecified atom stereocenters. The van der Waals surface area contributed by atoms with Crippen molar-refractivity contribution in [2.24, 2.45) is 0 Å². The molecule has 0 aliphatic carbocycles. The van der Waals surface area contributed by atoms with Gasteiger partial charge < -0.3 is 24.0 Å². The van der Waals surface area contributed by atoms with Gasteiger partial charge in [-0.2, -0.15) is 5.10 Å². The van der Waals surface area contributed by atoms with Crippen molar-refractivity contribution < 1.29 is 28.6 Å². The van der Waals surface area contributed by atoms with Gasteiger partial charge in [-0.15, -0.1) is 0 Å². The van der Waals surface area contributed by atoms with Crippen LogP contribution in [0.3, 0.4) is 0 Å². The molecule has 3 heterocycles. The molecule has 11 heteroatoms. The maximum atomic E-state index is 14.1. The molecule has 0 N–H and O–H groups in total. The van der Waals surface area contributed by atoms with E-state index in [0.717, 1.165) is 11.1 Å². The van der Waals surface area contributed by atoms with Crippen LogP contribution in [0.15, 0.2) is 42.5 Å². The van der Waals surface area contributed by atoms with E-state index in [9.17, 15) is 14.4 Å². The van der Waals surface area contributed by atoms with Crippen molar-refractivity contribution in [3.63, 3.8) is 0 Å². The summed E-state index contributed by atoms with van der Waals surface area (Å²) in [5.74, 6) is -0.105. The molecule has 3 aromatic rings. The lowest BCUT2D eigenvalue weighted by Gasteiger charge is -2.35. The first-order valence-electron chi connectivity index (χ1n) is 15.0. The van der Waals surface area contributed by atoms with E-state index < -0.39 is 11.6 Å². The highest BCUT2D eigenvalue weighted by atomic mass is 16.6. The number of aryl methyl sites for hydroxylation is 1. The zero-order valence-electron chi connectivity index (χ0n) is 26.4. The van der Waals surface area contributed by atoms with Crippen molar-refractivity contribution in [2.75, 3.05) is 51.3 Å². The number of amides is 2. The average Bonchev–Trinajstić information content (AvgIpc) is 3.38. The Balaban J connectivity index is 1.35. The Hall–Kier alpha value is -4.38. The van der Waals surface area contributed by atoms with Crippen LogP contribution in [0.1, 0.15) is 65.4 Å². The van der Waals surface area contributed by atoms with Crippen LogP contribution in [-0.4, -0.2) is 89.6 Å². The Bertz CT molecular complexity index is 1530. The van der Waals surface area contributed by atoms with Gasteiger partial charge in [-0.05, 0) is 59.2 Å². The van der Waals surface area contributed by atoms with Crippen LogP contribution in [-0.2, 0) is 22.4 Å². The van der Waals surface area contributed by atoms with Gasteiger partial charge >= 0.3 is 12.1 Å². The topological polar surface area (TPSA) is 106 Å². The van der Waals surface area contributed by atoms with Crippen molar-refractivity contribution in [3.8, 4) is 11.4 Å². The molecule has 5 rings (SSSR count). The molecule has 2 amide bonds. The number of benzene rings is 2. The van der Waals surface area contributed by atoms with E-state index in [2.05, 4.69) is 10.00 Å². The van der Waals surface area contributed by atoms with Crippen molar-refractivity contribution in [1.29, 1.82) is 0 Å². The third-order valence-corrected chi connectivity index (χ3v) is 7.76. The van der Waals surface area contributed by atoms with Gasteiger partial charge in [0.25, 0.3) is 5.91 Å². The molecule has 0 atom stereocenters. The summed E-state index contributed by atoms with van der Waals surface area (Å²) in [5.41, 5.74) is 4.06. The number of hydrogen-bond acceptors (Lipinski definition) is 8. The molecule has 1 aromatic heterocycles. The number of rotatable bonds is 7. The Morgan fingerprint density at radius 3 is 2.27 bits per heavy atom. The number of piperazine rings is 1. The fourth-order valence-corrected chi connectivity index (χ4v) is 5.53. The number of methoxy groups -OCH3 is 1. The first-order valence-corrected chi connectivity index (χ1v) is 15.0. The second-order valence-corrected chi connectivity index (χ2v) is 12.1. The fourth-order valence-electron chi connectivity index (χ4n) is 5.53. The standard InChI is InChI=1S/C33H41N5O6/c1-7-43-31(40)28-26-14-15-37(30(39)29(26)38(34-28)24-11-8-22(2)9-12-24)25-13-10-23(27(20-25)42-6)21-35-16-18-36(19-17-35)32(41)44-33(3,4)5/h8-13,20H,7,14-19,21H2,1-6H3. The van der Waals surface area contributed by atoms with Gasteiger partial charge in [0.15, 0.2) is 5.69 Å². The Kier molecular flexibility index (Phi) is 8.96. The van der Waals surface area contributed by atoms with E-state index in [1.165, 1.54) is 0 Å². The third kappa shape index (κ3) is 6.57. The lowest BCUT2D eigenvalue weighted by molar-refractivity contribution is 0.0138. The zero-order chi connectivity index (χ0) is 31.6. The lowest BCUT2D eigenvalue weighted by atomic mass is 10.0. The van der Waals surface area contributed by atoms with Crippen LogP contribution in [0.5, 0.6) is 5.75 Å². The first-order chi connectivity index (χ1) is 21.0. The van der Waals surface area contributed by atoms with E-state index in [1.54, 1.807) is 28.5 Å². The average molecular weight is 604 g/mol. The molecule has 1 saturated heterocycles. The second kappa shape index (κ2) is 12.7. The summed E-state index contributed by atoms with van der Waals surface area (Å²) < 4.78 is 18.1. The summed E-state index contributed by atoms with van der Waals surface area (Å²) in [4.78, 5) is 45.0. The molecular formula is C33H41N5O6. The minimum absolute atomic E-state index is 0.176. The van der Waals surface area contributed by atoms with Gasteiger partial charge in [0.05, 0.1) is 19.4 Å². The van der Waals surface area contributed by atoms with Crippen molar-refractivity contribution in [1.82, 2.24) is 19.6 Å². The number of fused-ring (bicyclic) bond motifs is 1. The number of ether oxygens (including phenoxy) is 3. The van der Waals surface area contributed by atoms with E-state index in [4.69, 9.17) is 14.2 Å². The molecule has 234 valence electrons. The van der Waals surface area contributed by atoms with E-state index in [0.29, 0.717) is 74.1 Å². The highest BCUT2D eigenvalue weighted by Gasteiger charge is 2.36. The van der Waals surface area contributed by atoms with E-state index in [-0.39, 0.29) is 24.3 Å². The van der Waals surface area contributed by atoms with Gasteiger partial charge in [-0.1, -0.05) is 23.8 Å². The zero-order valence-corrected chi connectivity index (χ0v) is 26.4. The molecule has 0 saturated carbocycles. The fraction of sp³-hybridized carbons (Fsp3) is 0.455. The van der Waals surface area contributed by atoms with Crippen LogP contribution in [0.2, 0.25) is 0 Å². The summed E-state index contributed by atoms with van der Waals surface area (Å²) in [6.45, 7) is 13.2. The molecule has 2 aliphatic rings. The molecule has 2 aliphatic heterocycles. The van der Waals surface area contributed by atoms with Crippen LogP contribution < -0.4 is 9.64 Å². The number of hydrogen-bond donors (Lipinski definition) is 0. The summed E-state index contributed by atoms with van der Waals surface area (Å²) in [6, 6.07) is 13.5. The Morgan fingerprint density at radius 2 is 1.64 bits per heavy atom. The van der Waals surface area contributed by atoms with Gasteiger partial charge in [-0.3, -0.25) is 9.69 Å². The maximum absolute atomic E-state index is 14.1. The molecular weight excluding hydrogens is 562 g/mol. The second-order valence-electron chi connectivity index (χ2n) is 12.1. The van der Waals surface area contributed by atoms with E-state index >= 15 is 0 Å². The minimum Gasteiger partial charge on any atom is -0.496 e. The van der Waals surface area contributed by atoms with Crippen LogP contribution in [0.25, 0.3) is 5.69 Å². The number of carbonyl (C=O) groups is 3. The van der Waals surface area contributed by atoms with Crippen LogP contribution >= 0.6 is 0 Å². The molecule has 2 aromatic carbocycles. The molecule has 0 spiro atoms. The third-order valence-electron chi connectivity index (χ3n) is 7.76. The maximum Gasteiger partial charge on any atom is 0.410 e. The predicted molar refractivity (Wildman–Crippen MR) is 166 cm³/mol. The molecule has 11 nitrogen and oxygen atoms in total. The number of nitrogens with zero attached hydrogens (tertiary/aromatic N) is 5. The van der Waals surface area contributed by atoms with E-state index in [1.807, 2.05) is 70.2 Å². The monoisotopic (exact) mass is 603 g/mol. The summed E-state index contributed by atoms with van der Waals surface area (Å²) in [5, 5.41) is 4.57. The smallest absolute Gasteiger partial charge is 0.410 e. The number of anilines is 1. The van der Waals surface area contributed by atoms with Crippen LogP contribution in [0, 0.1) is 6.92 Å². The minimum atomic E-state index is -0.534. The summed E-state index contributed by atoms with van der Waals surface area (Å²) in [6.07, 6.45) is 0.166. The first kappa shape index (κ1) is 31.1. The Labute approximate surface area is 258 Å². The quantitative estimate of drug-likeness (QED) is 0.360. The normalized spacial score (nSPS) is 15.6. The highest BCUT2D eigenvalue weighted by molar-refractivity contribution is 6.09.